The van der Waals surface area contributed by atoms with Crippen LogP contribution in [0.2, 0.25) is 0 Å². The largest absolute Gasteiger partial charge is 0.368 e. The summed E-state index contributed by atoms with van der Waals surface area (Å²) in [4.78, 5) is 38.3. The first-order valence-corrected chi connectivity index (χ1v) is 10.9. The van der Waals surface area contributed by atoms with Crippen molar-refractivity contribution in [2.75, 3.05) is 37.7 Å². The van der Waals surface area contributed by atoms with Crippen LogP contribution < -0.4 is 10.2 Å². The second-order valence-corrected chi connectivity index (χ2v) is 8.95. The Morgan fingerprint density at radius 1 is 1.07 bits per heavy atom. The van der Waals surface area contributed by atoms with E-state index in [9.17, 15) is 9.59 Å². The van der Waals surface area contributed by atoms with Crippen molar-refractivity contribution in [2.45, 2.75) is 31.4 Å². The van der Waals surface area contributed by atoms with E-state index in [1.54, 1.807) is 12.4 Å². The number of imidazole rings is 1. The molecule has 0 aromatic carbocycles. The van der Waals surface area contributed by atoms with E-state index < -0.39 is 0 Å². The summed E-state index contributed by atoms with van der Waals surface area (Å²) in [5.41, 5.74) is 0.845. The Kier molecular flexibility index (Phi) is 4.19. The van der Waals surface area contributed by atoms with Gasteiger partial charge in [-0.3, -0.25) is 9.59 Å². The fraction of sp³-hybridized carbons (Fsp3) is 0.619. The summed E-state index contributed by atoms with van der Waals surface area (Å²) < 4.78 is 7.48. The summed E-state index contributed by atoms with van der Waals surface area (Å²) in [6, 6.07) is 0.125. The Balaban J connectivity index is 1.03. The van der Waals surface area contributed by atoms with Crippen LogP contribution in [0.25, 0.3) is 5.65 Å². The lowest BCUT2D eigenvalue weighted by Crippen LogP contribution is -2.42. The summed E-state index contributed by atoms with van der Waals surface area (Å²) in [6.07, 6.45) is 9.79. The van der Waals surface area contributed by atoms with Gasteiger partial charge in [-0.25, -0.2) is 9.97 Å². The van der Waals surface area contributed by atoms with Gasteiger partial charge in [0.05, 0.1) is 0 Å². The van der Waals surface area contributed by atoms with E-state index in [4.69, 9.17) is 4.74 Å². The molecule has 9 heteroatoms. The molecule has 5 atom stereocenters. The van der Waals surface area contributed by atoms with Crippen LogP contribution >= 0.6 is 0 Å². The van der Waals surface area contributed by atoms with Crippen LogP contribution in [0.1, 0.15) is 19.3 Å². The van der Waals surface area contributed by atoms with E-state index in [-0.39, 0.29) is 29.9 Å². The number of aromatic nitrogens is 3. The summed E-state index contributed by atoms with van der Waals surface area (Å²) in [5.74, 6) is 1.81. The summed E-state index contributed by atoms with van der Waals surface area (Å²) in [7, 11) is 0. The zero-order chi connectivity index (χ0) is 20.2. The number of nitrogens with zero attached hydrogens (tertiary/aromatic N) is 5. The third-order valence-electron chi connectivity index (χ3n) is 7.14. The topological polar surface area (TPSA) is 92.1 Å². The van der Waals surface area contributed by atoms with Crippen LogP contribution in [-0.2, 0) is 14.3 Å². The second-order valence-electron chi connectivity index (χ2n) is 8.95. The molecule has 1 unspecified atom stereocenters. The van der Waals surface area contributed by atoms with Crippen molar-refractivity contribution in [1.82, 2.24) is 24.6 Å². The molecule has 30 heavy (non-hydrogen) atoms. The normalized spacial score (nSPS) is 32.6. The van der Waals surface area contributed by atoms with Crippen molar-refractivity contribution in [2.24, 2.45) is 17.8 Å². The second kappa shape index (κ2) is 6.94. The van der Waals surface area contributed by atoms with Gasteiger partial charge in [-0.2, -0.15) is 0 Å². The van der Waals surface area contributed by atoms with E-state index in [0.29, 0.717) is 31.5 Å². The van der Waals surface area contributed by atoms with E-state index in [0.717, 1.165) is 43.8 Å². The summed E-state index contributed by atoms with van der Waals surface area (Å²) in [6.45, 7) is 3.68. The maximum Gasteiger partial charge on any atom is 0.251 e. The minimum absolute atomic E-state index is 0.0569. The molecule has 3 aliphatic heterocycles. The Morgan fingerprint density at radius 2 is 1.87 bits per heavy atom. The number of likely N-dealkylation sites (tertiary alicyclic amines) is 1. The molecule has 3 saturated heterocycles. The van der Waals surface area contributed by atoms with Crippen LogP contribution in [0, 0.1) is 17.8 Å². The molecule has 5 heterocycles. The Hall–Kier alpha value is -2.68. The van der Waals surface area contributed by atoms with Gasteiger partial charge in [0, 0.05) is 69.5 Å². The molecule has 9 nitrogen and oxygen atoms in total. The van der Waals surface area contributed by atoms with Crippen molar-refractivity contribution in [3.63, 3.8) is 0 Å². The molecule has 1 aliphatic carbocycles. The van der Waals surface area contributed by atoms with Gasteiger partial charge in [0.1, 0.15) is 6.10 Å². The maximum atomic E-state index is 12.8. The van der Waals surface area contributed by atoms with E-state index in [2.05, 4.69) is 20.2 Å². The van der Waals surface area contributed by atoms with Crippen molar-refractivity contribution in [3.8, 4) is 0 Å². The number of rotatable bonds is 4. The first-order chi connectivity index (χ1) is 14.7. The average Bonchev–Trinajstić information content (AvgIpc) is 3.38. The molecule has 0 radical (unpaired) electrons. The minimum Gasteiger partial charge on any atom is -0.368 e. The summed E-state index contributed by atoms with van der Waals surface area (Å²) in [5, 5.41) is 3.25. The van der Waals surface area contributed by atoms with E-state index >= 15 is 0 Å². The quantitative estimate of drug-likeness (QED) is 0.780. The molecule has 1 N–H and O–H groups in total. The Morgan fingerprint density at radius 3 is 2.63 bits per heavy atom. The van der Waals surface area contributed by atoms with E-state index in [1.165, 1.54) is 0 Å². The molecule has 0 bridgehead atoms. The van der Waals surface area contributed by atoms with Crippen LogP contribution in [0.4, 0.5) is 5.82 Å². The number of fused-ring (bicyclic) bond motifs is 2. The number of hydrogen-bond donors (Lipinski definition) is 1. The third-order valence-corrected chi connectivity index (χ3v) is 7.14. The third kappa shape index (κ3) is 2.94. The first kappa shape index (κ1) is 18.1. The smallest absolute Gasteiger partial charge is 0.251 e. The number of anilines is 1. The fourth-order valence-electron chi connectivity index (χ4n) is 5.50. The predicted octanol–water partition coefficient (Wildman–Crippen LogP) is 0.308. The molecule has 4 fully saturated rings. The maximum absolute atomic E-state index is 12.8. The van der Waals surface area contributed by atoms with Crippen molar-refractivity contribution in [3.05, 3.63) is 24.8 Å². The molecule has 4 aliphatic rings. The minimum atomic E-state index is -0.257. The number of carbonyl (C=O) groups is 2. The molecule has 2 aromatic heterocycles. The van der Waals surface area contributed by atoms with Crippen LogP contribution in [-0.4, -0.2) is 76.0 Å². The Bertz CT molecular complexity index is 974. The van der Waals surface area contributed by atoms with Gasteiger partial charge in [0.15, 0.2) is 11.5 Å². The number of hydrogen-bond acceptors (Lipinski definition) is 6. The van der Waals surface area contributed by atoms with Gasteiger partial charge >= 0.3 is 0 Å². The van der Waals surface area contributed by atoms with Gasteiger partial charge < -0.3 is 24.3 Å². The number of nitrogens with one attached hydrogen (secondary N) is 1. The van der Waals surface area contributed by atoms with Crippen LogP contribution in [0.3, 0.4) is 0 Å². The lowest BCUT2D eigenvalue weighted by molar-refractivity contribution is -0.141. The zero-order valence-electron chi connectivity index (χ0n) is 16.8. The van der Waals surface area contributed by atoms with Crippen molar-refractivity contribution < 1.29 is 14.3 Å². The SMILES string of the molecule is O=C(N[C@H]1CCN(c2nccn3ccnc23)C1)C1[C@H]2CN(C(=O)[C@@H]3CCCO3)C[C@@H]12. The molecule has 0 spiro atoms. The van der Waals surface area contributed by atoms with Gasteiger partial charge in [0.2, 0.25) is 5.91 Å². The number of carbonyl (C=O) groups excluding carboxylic acids is 2. The highest BCUT2D eigenvalue weighted by Crippen LogP contribution is 2.52. The number of ether oxygens (including phenoxy) is 1. The highest BCUT2D eigenvalue weighted by molar-refractivity contribution is 5.85. The Labute approximate surface area is 174 Å². The molecular formula is C21H26N6O3. The van der Waals surface area contributed by atoms with Crippen LogP contribution in [0.15, 0.2) is 24.8 Å². The van der Waals surface area contributed by atoms with E-state index in [1.807, 2.05) is 21.7 Å². The highest BCUT2D eigenvalue weighted by atomic mass is 16.5. The monoisotopic (exact) mass is 410 g/mol. The van der Waals surface area contributed by atoms with Crippen LogP contribution in [0.5, 0.6) is 0 Å². The average molecular weight is 410 g/mol. The zero-order valence-corrected chi connectivity index (χ0v) is 16.8. The molecule has 6 rings (SSSR count). The fourth-order valence-corrected chi connectivity index (χ4v) is 5.50. The van der Waals surface area contributed by atoms with Gasteiger partial charge in [-0.15, -0.1) is 0 Å². The molecule has 2 aromatic rings. The number of piperidine rings is 1. The standard InChI is InChI=1S/C21H26N6O3/c28-20(17-14-11-27(12-15(14)17)21(29)16-2-1-9-30-16)24-13-3-6-26(10-13)19-18-22-4-7-25(18)8-5-23-19/h4-5,7-8,13-17H,1-3,6,9-12H2,(H,24,28)/t13-,14-,15+,16-,17?/m0/s1. The summed E-state index contributed by atoms with van der Waals surface area (Å²) >= 11 is 0. The molecular weight excluding hydrogens is 384 g/mol. The predicted molar refractivity (Wildman–Crippen MR) is 108 cm³/mol. The lowest BCUT2D eigenvalue weighted by Gasteiger charge is -2.23. The number of amides is 2. The molecule has 1 saturated carbocycles. The van der Waals surface area contributed by atoms with Gasteiger partial charge in [-0.05, 0) is 31.1 Å². The first-order valence-electron chi connectivity index (χ1n) is 10.9. The molecule has 2 amide bonds. The van der Waals surface area contributed by atoms with Gasteiger partial charge in [-0.1, -0.05) is 0 Å². The van der Waals surface area contributed by atoms with Crippen molar-refractivity contribution >= 4 is 23.3 Å². The highest BCUT2D eigenvalue weighted by Gasteiger charge is 2.60. The van der Waals surface area contributed by atoms with Crippen molar-refractivity contribution in [1.29, 1.82) is 0 Å². The molecule has 158 valence electrons. The lowest BCUT2D eigenvalue weighted by atomic mass is 10.2. The van der Waals surface area contributed by atoms with Gasteiger partial charge in [0.25, 0.3) is 5.91 Å².